The molecule has 1 unspecified atom stereocenters. The van der Waals surface area contributed by atoms with Crippen LogP contribution in [0.25, 0.3) is 0 Å². The predicted octanol–water partition coefficient (Wildman–Crippen LogP) is 4.19. The number of aliphatic imine (C=N–C) groups is 1. The van der Waals surface area contributed by atoms with E-state index in [9.17, 15) is 14.0 Å². The van der Waals surface area contributed by atoms with Gasteiger partial charge in [-0.3, -0.25) is 14.5 Å². The van der Waals surface area contributed by atoms with Crippen LogP contribution < -0.4 is 5.32 Å². The van der Waals surface area contributed by atoms with Crippen molar-refractivity contribution in [3.05, 3.63) is 60.4 Å². The zero-order valence-electron chi connectivity index (χ0n) is 15.1. The van der Waals surface area contributed by atoms with Crippen molar-refractivity contribution in [1.82, 2.24) is 4.90 Å². The molecule has 7 heteroatoms. The molecule has 0 spiro atoms. The molecule has 0 saturated carbocycles. The van der Waals surface area contributed by atoms with Gasteiger partial charge in [-0.2, -0.15) is 0 Å². The lowest BCUT2D eigenvalue weighted by Crippen LogP contribution is -2.38. The third kappa shape index (κ3) is 4.74. The van der Waals surface area contributed by atoms with Crippen LogP contribution in [-0.2, 0) is 9.59 Å². The largest absolute Gasteiger partial charge is 0.326 e. The SMILES string of the molecule is CC(C)N1C(=O)C(CC(=O)Nc2ccc(F)cc2)SC1=Nc1ccccc1. The van der Waals surface area contributed by atoms with E-state index in [1.165, 1.54) is 36.0 Å². The third-order valence-electron chi connectivity index (χ3n) is 3.96. The molecule has 3 rings (SSSR count). The molecular formula is C20H20FN3O2S. The topological polar surface area (TPSA) is 61.8 Å². The predicted molar refractivity (Wildman–Crippen MR) is 107 cm³/mol. The minimum atomic E-state index is -0.532. The Bertz CT molecular complexity index is 853. The number of thioether (sulfide) groups is 1. The van der Waals surface area contributed by atoms with Crippen LogP contribution in [0.3, 0.4) is 0 Å². The standard InChI is InChI=1S/C20H20FN3O2S/c1-13(2)24-19(26)17(27-20(24)23-15-6-4-3-5-7-15)12-18(25)22-16-10-8-14(21)9-11-16/h3-11,13,17H,12H2,1-2H3,(H,22,25). The van der Waals surface area contributed by atoms with Crippen molar-refractivity contribution in [2.24, 2.45) is 4.99 Å². The number of benzene rings is 2. The van der Waals surface area contributed by atoms with Gasteiger partial charge in [0.2, 0.25) is 11.8 Å². The number of nitrogens with one attached hydrogen (secondary N) is 1. The third-order valence-corrected chi connectivity index (χ3v) is 5.11. The summed E-state index contributed by atoms with van der Waals surface area (Å²) < 4.78 is 13.0. The van der Waals surface area contributed by atoms with Gasteiger partial charge in [-0.1, -0.05) is 30.0 Å². The van der Waals surface area contributed by atoms with Crippen molar-refractivity contribution in [2.75, 3.05) is 5.32 Å². The Balaban J connectivity index is 1.72. The molecule has 1 atom stereocenters. The quantitative estimate of drug-likeness (QED) is 0.839. The van der Waals surface area contributed by atoms with Gasteiger partial charge in [0, 0.05) is 18.2 Å². The van der Waals surface area contributed by atoms with Gasteiger partial charge >= 0.3 is 0 Å². The Morgan fingerprint density at radius 3 is 2.48 bits per heavy atom. The molecule has 1 N–H and O–H groups in total. The number of carbonyl (C=O) groups is 2. The molecular weight excluding hydrogens is 365 g/mol. The van der Waals surface area contributed by atoms with Gasteiger partial charge in [-0.25, -0.2) is 9.38 Å². The molecule has 2 aromatic carbocycles. The fourth-order valence-electron chi connectivity index (χ4n) is 2.69. The van der Waals surface area contributed by atoms with Crippen molar-refractivity contribution in [2.45, 2.75) is 31.6 Å². The van der Waals surface area contributed by atoms with Crippen LogP contribution in [0.5, 0.6) is 0 Å². The van der Waals surface area contributed by atoms with Gasteiger partial charge in [0.1, 0.15) is 11.1 Å². The van der Waals surface area contributed by atoms with E-state index in [0.29, 0.717) is 10.9 Å². The van der Waals surface area contributed by atoms with Crippen molar-refractivity contribution in [3.63, 3.8) is 0 Å². The second kappa shape index (κ2) is 8.35. The highest BCUT2D eigenvalue weighted by Crippen LogP contribution is 2.33. The van der Waals surface area contributed by atoms with E-state index in [-0.39, 0.29) is 30.1 Å². The van der Waals surface area contributed by atoms with E-state index in [2.05, 4.69) is 10.3 Å². The van der Waals surface area contributed by atoms with Crippen molar-refractivity contribution >= 4 is 40.1 Å². The van der Waals surface area contributed by atoms with Crippen LogP contribution in [0, 0.1) is 5.82 Å². The van der Waals surface area contributed by atoms with Crippen LogP contribution in [0.1, 0.15) is 20.3 Å². The molecule has 1 fully saturated rings. The van der Waals surface area contributed by atoms with E-state index in [1.807, 2.05) is 44.2 Å². The molecule has 2 aromatic rings. The Kier molecular flexibility index (Phi) is 5.91. The van der Waals surface area contributed by atoms with Crippen molar-refractivity contribution in [3.8, 4) is 0 Å². The summed E-state index contributed by atoms with van der Waals surface area (Å²) in [4.78, 5) is 31.3. The molecule has 27 heavy (non-hydrogen) atoms. The molecule has 5 nitrogen and oxygen atoms in total. The number of hydrogen-bond acceptors (Lipinski definition) is 4. The van der Waals surface area contributed by atoms with Gasteiger partial charge in [-0.05, 0) is 50.2 Å². The smallest absolute Gasteiger partial charge is 0.242 e. The maximum Gasteiger partial charge on any atom is 0.242 e. The highest BCUT2D eigenvalue weighted by atomic mass is 32.2. The number of hydrogen-bond donors (Lipinski definition) is 1. The van der Waals surface area contributed by atoms with E-state index in [1.54, 1.807) is 4.90 Å². The Morgan fingerprint density at radius 1 is 1.19 bits per heavy atom. The van der Waals surface area contributed by atoms with Gasteiger partial charge in [-0.15, -0.1) is 0 Å². The number of carbonyl (C=O) groups excluding carboxylic acids is 2. The number of rotatable bonds is 5. The number of para-hydroxylation sites is 1. The number of halogens is 1. The van der Waals surface area contributed by atoms with Gasteiger partial charge in [0.05, 0.1) is 5.69 Å². The average molecular weight is 385 g/mol. The highest BCUT2D eigenvalue weighted by molar-refractivity contribution is 8.15. The normalized spacial score (nSPS) is 18.4. The molecule has 140 valence electrons. The zero-order chi connectivity index (χ0) is 19.4. The molecule has 0 bridgehead atoms. The molecule has 0 radical (unpaired) electrons. The van der Waals surface area contributed by atoms with Gasteiger partial charge in [0.15, 0.2) is 5.17 Å². The minimum absolute atomic E-state index is 0.0257. The number of amides is 2. The van der Waals surface area contributed by atoms with Crippen LogP contribution in [0.2, 0.25) is 0 Å². The lowest BCUT2D eigenvalue weighted by Gasteiger charge is -2.20. The molecule has 1 aliphatic heterocycles. The van der Waals surface area contributed by atoms with Crippen molar-refractivity contribution < 1.29 is 14.0 Å². The summed E-state index contributed by atoms with van der Waals surface area (Å²) in [6, 6.07) is 14.9. The molecule has 0 aliphatic carbocycles. The summed E-state index contributed by atoms with van der Waals surface area (Å²) in [6.07, 6.45) is 0.0257. The fourth-order valence-corrected chi connectivity index (χ4v) is 3.97. The van der Waals surface area contributed by atoms with E-state index in [0.717, 1.165) is 5.69 Å². The summed E-state index contributed by atoms with van der Waals surface area (Å²) in [5.74, 6) is -0.792. The molecule has 2 amide bonds. The fraction of sp³-hybridized carbons (Fsp3) is 0.250. The second-order valence-corrected chi connectivity index (χ2v) is 7.57. The number of anilines is 1. The number of nitrogens with zero attached hydrogens (tertiary/aromatic N) is 2. The van der Waals surface area contributed by atoms with Crippen LogP contribution in [0.15, 0.2) is 59.6 Å². The first-order valence-electron chi connectivity index (χ1n) is 8.63. The number of amidine groups is 1. The van der Waals surface area contributed by atoms with Gasteiger partial charge in [0.25, 0.3) is 0 Å². The first kappa shape index (κ1) is 19.1. The minimum Gasteiger partial charge on any atom is -0.326 e. The van der Waals surface area contributed by atoms with E-state index in [4.69, 9.17) is 0 Å². The molecule has 1 heterocycles. The van der Waals surface area contributed by atoms with E-state index < -0.39 is 5.25 Å². The first-order chi connectivity index (χ1) is 12.9. The maximum atomic E-state index is 13.0. The molecule has 1 saturated heterocycles. The summed E-state index contributed by atoms with van der Waals surface area (Å²) in [5.41, 5.74) is 1.26. The molecule has 1 aliphatic rings. The maximum absolute atomic E-state index is 13.0. The van der Waals surface area contributed by atoms with E-state index >= 15 is 0 Å². The first-order valence-corrected chi connectivity index (χ1v) is 9.51. The lowest BCUT2D eigenvalue weighted by molar-refractivity contribution is -0.129. The summed E-state index contributed by atoms with van der Waals surface area (Å²) in [7, 11) is 0. The van der Waals surface area contributed by atoms with Crippen LogP contribution >= 0.6 is 11.8 Å². The summed E-state index contributed by atoms with van der Waals surface area (Å²) >= 11 is 1.30. The van der Waals surface area contributed by atoms with Crippen LogP contribution in [-0.4, -0.2) is 33.2 Å². The van der Waals surface area contributed by atoms with Gasteiger partial charge < -0.3 is 5.32 Å². The lowest BCUT2D eigenvalue weighted by atomic mass is 10.2. The Morgan fingerprint density at radius 2 is 1.85 bits per heavy atom. The zero-order valence-corrected chi connectivity index (χ0v) is 15.9. The highest BCUT2D eigenvalue weighted by Gasteiger charge is 2.40. The van der Waals surface area contributed by atoms with Crippen LogP contribution in [0.4, 0.5) is 15.8 Å². The summed E-state index contributed by atoms with van der Waals surface area (Å²) in [6.45, 7) is 3.83. The monoisotopic (exact) mass is 385 g/mol. The Labute approximate surface area is 161 Å². The van der Waals surface area contributed by atoms with Crippen molar-refractivity contribution in [1.29, 1.82) is 0 Å². The Hall–Kier alpha value is -2.67. The average Bonchev–Trinajstić information content (AvgIpc) is 2.93. The summed E-state index contributed by atoms with van der Waals surface area (Å²) in [5, 5.41) is 2.76. The molecule has 0 aromatic heterocycles. The second-order valence-electron chi connectivity index (χ2n) is 6.40.